The second kappa shape index (κ2) is 3.25. The Morgan fingerprint density at radius 2 is 1.69 bits per heavy atom. The van der Waals surface area contributed by atoms with Crippen LogP contribution in [0.3, 0.4) is 0 Å². The smallest absolute Gasteiger partial charge is 0.0184 e. The maximum Gasteiger partial charge on any atom is -0.0184 e. The Morgan fingerprint density at radius 1 is 0.923 bits per heavy atom. The van der Waals surface area contributed by atoms with Gasteiger partial charge in [0.25, 0.3) is 0 Å². The van der Waals surface area contributed by atoms with Gasteiger partial charge in [-0.3, -0.25) is 11.8 Å². The Morgan fingerprint density at radius 3 is 2.46 bits per heavy atom. The number of hydrogen-bond donors (Lipinski definition) is 0. The summed E-state index contributed by atoms with van der Waals surface area (Å²) in [6.07, 6.45) is 0. The minimum atomic E-state index is 1.02. The summed E-state index contributed by atoms with van der Waals surface area (Å²) in [6.45, 7) is 3.50. The summed E-state index contributed by atoms with van der Waals surface area (Å²) < 4.78 is 0. The molecule has 62 valence electrons. The highest BCUT2D eigenvalue weighted by molar-refractivity contribution is 5.83. The minimum Gasteiger partial charge on any atom is -0.296 e. The van der Waals surface area contributed by atoms with Crippen molar-refractivity contribution in [2.24, 2.45) is 0 Å². The van der Waals surface area contributed by atoms with Crippen molar-refractivity contribution < 1.29 is 0 Å². The molecule has 0 nitrogen and oxygen atoms in total. The molecule has 2 aromatic rings. The standard InChI is InChI=1S/C13H9/c1-2-5-11-8-9-12-6-3-4-7-13(12)10-11/h3-4,6-10H,1H2/q-1. The third kappa shape index (κ3) is 1.50. The third-order valence-corrected chi connectivity index (χ3v) is 1.98. The number of rotatable bonds is 0. The Balaban J connectivity index is 2.66. The molecule has 0 bridgehead atoms. The van der Waals surface area contributed by atoms with Crippen molar-refractivity contribution in [1.29, 1.82) is 0 Å². The quantitative estimate of drug-likeness (QED) is 0.416. The summed E-state index contributed by atoms with van der Waals surface area (Å²) in [5, 5.41) is 2.47. The van der Waals surface area contributed by atoms with E-state index in [0.29, 0.717) is 0 Å². The lowest BCUT2D eigenvalue weighted by Gasteiger charge is -2.00. The van der Waals surface area contributed by atoms with E-state index < -0.39 is 0 Å². The van der Waals surface area contributed by atoms with E-state index >= 15 is 0 Å². The Bertz CT molecular complexity index is 484. The zero-order valence-electron chi connectivity index (χ0n) is 7.25. The monoisotopic (exact) mass is 165 g/mol. The zero-order chi connectivity index (χ0) is 9.10. The fourth-order valence-corrected chi connectivity index (χ4v) is 1.37. The van der Waals surface area contributed by atoms with Crippen LogP contribution in [0, 0.1) is 18.8 Å². The molecule has 0 aliphatic carbocycles. The van der Waals surface area contributed by atoms with Crippen molar-refractivity contribution in [2.45, 2.75) is 0 Å². The van der Waals surface area contributed by atoms with Gasteiger partial charge in [-0.05, 0) is 10.8 Å². The lowest BCUT2D eigenvalue weighted by atomic mass is 10.1. The summed E-state index contributed by atoms with van der Waals surface area (Å²) in [6, 6.07) is 14.4. The molecule has 0 spiro atoms. The molecule has 2 aromatic carbocycles. The first kappa shape index (κ1) is 7.76. The summed E-state index contributed by atoms with van der Waals surface area (Å²) in [5.41, 5.74) is 1.02. The van der Waals surface area contributed by atoms with Crippen LogP contribution < -0.4 is 0 Å². The van der Waals surface area contributed by atoms with Crippen LogP contribution in [0.1, 0.15) is 5.56 Å². The van der Waals surface area contributed by atoms with Gasteiger partial charge in [0.15, 0.2) is 0 Å². The van der Waals surface area contributed by atoms with E-state index in [4.69, 9.17) is 0 Å². The highest BCUT2D eigenvalue weighted by Crippen LogP contribution is 2.14. The Labute approximate surface area is 78.2 Å². The van der Waals surface area contributed by atoms with Gasteiger partial charge in [0.2, 0.25) is 0 Å². The summed E-state index contributed by atoms with van der Waals surface area (Å²) >= 11 is 0. The highest BCUT2D eigenvalue weighted by Gasteiger charge is 1.88. The first-order valence-corrected chi connectivity index (χ1v) is 4.17. The molecule has 13 heavy (non-hydrogen) atoms. The average Bonchev–Trinajstić information content (AvgIpc) is 2.18. The van der Waals surface area contributed by atoms with Gasteiger partial charge >= 0.3 is 0 Å². The van der Waals surface area contributed by atoms with Crippen LogP contribution in [0.25, 0.3) is 10.8 Å². The molecule has 0 amide bonds. The molecule has 0 aliphatic rings. The van der Waals surface area contributed by atoms with Crippen LogP contribution in [0.4, 0.5) is 0 Å². The fraction of sp³-hybridized carbons (Fsp3) is 0. The van der Waals surface area contributed by atoms with Crippen LogP contribution in [0.2, 0.25) is 0 Å². The molecule has 0 saturated heterocycles. The van der Waals surface area contributed by atoms with E-state index in [1.807, 2.05) is 18.2 Å². The van der Waals surface area contributed by atoms with Gasteiger partial charge in [-0.15, -0.1) is 0 Å². The van der Waals surface area contributed by atoms with Gasteiger partial charge < -0.3 is 0 Å². The Kier molecular flexibility index (Phi) is 1.94. The normalized spacial score (nSPS) is 9.23. The summed E-state index contributed by atoms with van der Waals surface area (Å²) in [7, 11) is 0. The molecular formula is C13H9-. The summed E-state index contributed by atoms with van der Waals surface area (Å²) in [4.78, 5) is 0. The van der Waals surface area contributed by atoms with Gasteiger partial charge in [0, 0.05) is 0 Å². The molecule has 0 atom stereocenters. The van der Waals surface area contributed by atoms with Crippen LogP contribution in [0.5, 0.6) is 0 Å². The van der Waals surface area contributed by atoms with Gasteiger partial charge in [-0.25, -0.2) is 0 Å². The van der Waals surface area contributed by atoms with Crippen molar-refractivity contribution in [3.05, 3.63) is 55.0 Å². The van der Waals surface area contributed by atoms with Gasteiger partial charge in [-0.2, -0.15) is 6.92 Å². The molecule has 0 heterocycles. The maximum absolute atomic E-state index is 3.50. The zero-order valence-corrected chi connectivity index (χ0v) is 7.25. The van der Waals surface area contributed by atoms with Crippen molar-refractivity contribution >= 4 is 10.8 Å². The highest BCUT2D eigenvalue weighted by atomic mass is 14.0. The van der Waals surface area contributed by atoms with E-state index in [9.17, 15) is 0 Å². The van der Waals surface area contributed by atoms with Crippen molar-refractivity contribution in [2.75, 3.05) is 0 Å². The van der Waals surface area contributed by atoms with Crippen LogP contribution in [-0.4, -0.2) is 0 Å². The van der Waals surface area contributed by atoms with Gasteiger partial charge in [0.05, 0.1) is 0 Å². The SMILES string of the molecule is [CH2-]C#Cc1ccc2ccccc2c1. The topological polar surface area (TPSA) is 0 Å². The molecule has 0 aliphatic heterocycles. The Hall–Kier alpha value is -1.87. The molecule has 0 N–H and O–H groups in total. The third-order valence-electron chi connectivity index (χ3n) is 1.98. The first-order chi connectivity index (χ1) is 6.40. The lowest BCUT2D eigenvalue weighted by Crippen LogP contribution is -1.75. The predicted molar refractivity (Wildman–Crippen MR) is 56.2 cm³/mol. The van der Waals surface area contributed by atoms with Crippen molar-refractivity contribution in [3.63, 3.8) is 0 Å². The molecular weight excluding hydrogens is 156 g/mol. The summed E-state index contributed by atoms with van der Waals surface area (Å²) in [5.74, 6) is 5.59. The molecule has 0 unspecified atom stereocenters. The second-order valence-corrected chi connectivity index (χ2v) is 2.86. The van der Waals surface area contributed by atoms with Crippen LogP contribution in [0.15, 0.2) is 42.5 Å². The molecule has 0 aromatic heterocycles. The average molecular weight is 165 g/mol. The predicted octanol–water partition coefficient (Wildman–Crippen LogP) is 3.03. The van der Waals surface area contributed by atoms with E-state index in [1.165, 1.54) is 10.8 Å². The number of fused-ring (bicyclic) bond motifs is 1. The van der Waals surface area contributed by atoms with Gasteiger partial charge in [-0.1, -0.05) is 48.0 Å². The van der Waals surface area contributed by atoms with E-state index in [2.05, 4.69) is 43.0 Å². The molecule has 0 radical (unpaired) electrons. The first-order valence-electron chi connectivity index (χ1n) is 4.17. The lowest BCUT2D eigenvalue weighted by molar-refractivity contribution is 1.70. The van der Waals surface area contributed by atoms with Crippen molar-refractivity contribution in [1.82, 2.24) is 0 Å². The molecule has 2 rings (SSSR count). The van der Waals surface area contributed by atoms with Crippen molar-refractivity contribution in [3.8, 4) is 11.8 Å². The number of hydrogen-bond acceptors (Lipinski definition) is 0. The second-order valence-electron chi connectivity index (χ2n) is 2.86. The number of benzene rings is 2. The maximum atomic E-state index is 3.50. The molecule has 0 saturated carbocycles. The van der Waals surface area contributed by atoms with Gasteiger partial charge in [0.1, 0.15) is 0 Å². The fourth-order valence-electron chi connectivity index (χ4n) is 1.37. The molecule has 0 heteroatoms. The van der Waals surface area contributed by atoms with Crippen LogP contribution >= 0.6 is 0 Å². The van der Waals surface area contributed by atoms with E-state index in [-0.39, 0.29) is 0 Å². The van der Waals surface area contributed by atoms with Crippen LogP contribution in [-0.2, 0) is 0 Å². The largest absolute Gasteiger partial charge is 0.296 e. The molecule has 0 fully saturated rings. The van der Waals surface area contributed by atoms with E-state index in [1.54, 1.807) is 0 Å². The van der Waals surface area contributed by atoms with E-state index in [0.717, 1.165) is 5.56 Å². The minimum absolute atomic E-state index is 1.02.